The van der Waals surface area contributed by atoms with Gasteiger partial charge in [0.15, 0.2) is 0 Å². The summed E-state index contributed by atoms with van der Waals surface area (Å²) in [6.45, 7) is -0.857. The molecule has 0 radical (unpaired) electrons. The highest BCUT2D eigenvalue weighted by atomic mass is 19.3. The van der Waals surface area contributed by atoms with Gasteiger partial charge in [-0.05, 0) is 12.1 Å². The Kier molecular flexibility index (Phi) is 3.43. The van der Waals surface area contributed by atoms with Gasteiger partial charge in [0.25, 0.3) is 6.43 Å². The minimum Gasteiger partial charge on any atom is -0.487 e. The van der Waals surface area contributed by atoms with Crippen LogP contribution >= 0.6 is 0 Å². The first-order chi connectivity index (χ1) is 7.00. The second kappa shape index (κ2) is 4.59. The molecule has 4 nitrogen and oxygen atoms in total. The Morgan fingerprint density at radius 3 is 2.73 bits per heavy atom. The molecule has 0 fully saturated rings. The molecule has 15 heavy (non-hydrogen) atoms. The van der Waals surface area contributed by atoms with Crippen molar-refractivity contribution >= 4 is 11.7 Å². The van der Waals surface area contributed by atoms with Gasteiger partial charge in [-0.1, -0.05) is 0 Å². The fraction of sp³-hybridized carbons (Fsp3) is 0.222. The van der Waals surface area contributed by atoms with E-state index in [0.717, 1.165) is 0 Å². The van der Waals surface area contributed by atoms with E-state index < -0.39 is 19.0 Å². The quantitative estimate of drug-likeness (QED) is 0.751. The highest BCUT2D eigenvalue weighted by molar-refractivity contribution is 5.91. The normalized spacial score (nSPS) is 10.3. The largest absolute Gasteiger partial charge is 0.487 e. The standard InChI is InChI=1S/C9H9F2NO3/c10-8(11)4-15-7-3-5(12)1-2-6(7)9(13)14/h1-3,8H,4,12H2,(H,13,14). The molecule has 1 rings (SSSR count). The van der Waals surface area contributed by atoms with Gasteiger partial charge in [-0.15, -0.1) is 0 Å². The van der Waals surface area contributed by atoms with Crippen LogP contribution in [0.1, 0.15) is 10.4 Å². The highest BCUT2D eigenvalue weighted by Crippen LogP contribution is 2.22. The SMILES string of the molecule is Nc1ccc(C(=O)O)c(OCC(F)F)c1. The van der Waals surface area contributed by atoms with Gasteiger partial charge in [-0.3, -0.25) is 0 Å². The molecule has 1 aromatic carbocycles. The third-order valence-corrected chi connectivity index (χ3v) is 1.60. The number of nitrogen functional groups attached to an aromatic ring is 1. The number of nitrogens with two attached hydrogens (primary N) is 1. The fourth-order valence-electron chi connectivity index (χ4n) is 0.988. The first-order valence-corrected chi connectivity index (χ1v) is 4.04. The average Bonchev–Trinajstić information content (AvgIpc) is 2.14. The highest BCUT2D eigenvalue weighted by Gasteiger charge is 2.13. The molecule has 0 aliphatic heterocycles. The third-order valence-electron chi connectivity index (χ3n) is 1.60. The van der Waals surface area contributed by atoms with Crippen LogP contribution in [-0.2, 0) is 0 Å². The molecule has 0 amide bonds. The number of halogens is 2. The van der Waals surface area contributed by atoms with Crippen LogP contribution in [0.4, 0.5) is 14.5 Å². The lowest BCUT2D eigenvalue weighted by Crippen LogP contribution is -2.10. The number of carboxylic acid groups (broad SMARTS) is 1. The summed E-state index contributed by atoms with van der Waals surface area (Å²) in [5.74, 6) is -1.40. The molecular weight excluding hydrogens is 208 g/mol. The molecule has 0 spiro atoms. The van der Waals surface area contributed by atoms with E-state index in [9.17, 15) is 13.6 Å². The number of benzene rings is 1. The van der Waals surface area contributed by atoms with Crippen LogP contribution in [-0.4, -0.2) is 24.1 Å². The van der Waals surface area contributed by atoms with Crippen molar-refractivity contribution in [2.75, 3.05) is 12.3 Å². The molecule has 0 aliphatic rings. The molecule has 0 heterocycles. The van der Waals surface area contributed by atoms with Gasteiger partial charge >= 0.3 is 5.97 Å². The van der Waals surface area contributed by atoms with Crippen molar-refractivity contribution < 1.29 is 23.4 Å². The van der Waals surface area contributed by atoms with Crippen LogP contribution in [0, 0.1) is 0 Å². The van der Waals surface area contributed by atoms with Crippen LogP contribution in [0.15, 0.2) is 18.2 Å². The summed E-state index contributed by atoms with van der Waals surface area (Å²) < 4.78 is 28.3. The van der Waals surface area contributed by atoms with E-state index in [1.165, 1.54) is 18.2 Å². The molecule has 3 N–H and O–H groups in total. The lowest BCUT2D eigenvalue weighted by molar-refractivity contribution is 0.0664. The summed E-state index contributed by atoms with van der Waals surface area (Å²) in [5.41, 5.74) is 5.44. The summed E-state index contributed by atoms with van der Waals surface area (Å²) in [6, 6.07) is 3.77. The minimum atomic E-state index is -2.66. The van der Waals surface area contributed by atoms with Crippen LogP contribution in [0.2, 0.25) is 0 Å². The predicted molar refractivity (Wildman–Crippen MR) is 49.3 cm³/mol. The molecule has 1 aromatic rings. The molecular formula is C9H9F2NO3. The molecule has 82 valence electrons. The van der Waals surface area contributed by atoms with E-state index in [-0.39, 0.29) is 17.0 Å². The lowest BCUT2D eigenvalue weighted by atomic mass is 10.2. The number of aromatic carboxylic acids is 1. The van der Waals surface area contributed by atoms with Crippen LogP contribution in [0.25, 0.3) is 0 Å². The summed E-state index contributed by atoms with van der Waals surface area (Å²) in [7, 11) is 0. The van der Waals surface area contributed by atoms with Gasteiger partial charge in [0.2, 0.25) is 0 Å². The number of carboxylic acids is 1. The van der Waals surface area contributed by atoms with E-state index in [0.29, 0.717) is 0 Å². The second-order valence-electron chi connectivity index (χ2n) is 2.76. The minimum absolute atomic E-state index is 0.150. The Hall–Kier alpha value is -1.85. The maximum atomic E-state index is 11.9. The summed E-state index contributed by atoms with van der Waals surface area (Å²) in [5, 5.41) is 8.71. The number of hydrogen-bond donors (Lipinski definition) is 2. The van der Waals surface area contributed by atoms with Crippen molar-refractivity contribution in [2.24, 2.45) is 0 Å². The first-order valence-electron chi connectivity index (χ1n) is 4.04. The molecule has 0 aromatic heterocycles. The monoisotopic (exact) mass is 217 g/mol. The summed E-state index contributed by atoms with van der Waals surface area (Å²) in [6.07, 6.45) is -2.66. The maximum absolute atomic E-state index is 11.9. The average molecular weight is 217 g/mol. The number of ether oxygens (including phenoxy) is 1. The predicted octanol–water partition coefficient (Wildman–Crippen LogP) is 1.61. The van der Waals surface area contributed by atoms with Crippen molar-refractivity contribution in [1.82, 2.24) is 0 Å². The van der Waals surface area contributed by atoms with Crippen molar-refractivity contribution in [2.45, 2.75) is 6.43 Å². The Labute approximate surface area is 84.3 Å². The number of carbonyl (C=O) groups is 1. The molecule has 0 unspecified atom stereocenters. The van der Waals surface area contributed by atoms with Gasteiger partial charge in [-0.25, -0.2) is 13.6 Å². The van der Waals surface area contributed by atoms with Crippen LogP contribution < -0.4 is 10.5 Å². The van der Waals surface area contributed by atoms with Gasteiger partial charge in [0.05, 0.1) is 0 Å². The third kappa shape index (κ3) is 3.08. The smallest absolute Gasteiger partial charge is 0.339 e. The molecule has 0 atom stereocenters. The van der Waals surface area contributed by atoms with Gasteiger partial charge in [-0.2, -0.15) is 0 Å². The van der Waals surface area contributed by atoms with Crippen molar-refractivity contribution in [3.8, 4) is 5.75 Å². The zero-order chi connectivity index (χ0) is 11.4. The van der Waals surface area contributed by atoms with Crippen LogP contribution in [0.3, 0.4) is 0 Å². The van der Waals surface area contributed by atoms with Crippen molar-refractivity contribution in [3.05, 3.63) is 23.8 Å². The first kappa shape index (κ1) is 11.2. The second-order valence-corrected chi connectivity index (χ2v) is 2.76. The Morgan fingerprint density at radius 2 is 2.20 bits per heavy atom. The van der Waals surface area contributed by atoms with E-state index in [1.807, 2.05) is 0 Å². The van der Waals surface area contributed by atoms with Crippen molar-refractivity contribution in [3.63, 3.8) is 0 Å². The maximum Gasteiger partial charge on any atom is 0.339 e. The zero-order valence-electron chi connectivity index (χ0n) is 7.61. The van der Waals surface area contributed by atoms with E-state index in [4.69, 9.17) is 10.8 Å². The lowest BCUT2D eigenvalue weighted by Gasteiger charge is -2.08. The summed E-state index contributed by atoms with van der Waals surface area (Å²) in [4.78, 5) is 10.7. The van der Waals surface area contributed by atoms with Gasteiger partial charge in [0.1, 0.15) is 17.9 Å². The van der Waals surface area contributed by atoms with Crippen molar-refractivity contribution in [1.29, 1.82) is 0 Å². The number of rotatable bonds is 4. The Bertz CT molecular complexity index is 368. The van der Waals surface area contributed by atoms with Gasteiger partial charge in [0, 0.05) is 11.8 Å². The van der Waals surface area contributed by atoms with E-state index in [1.54, 1.807) is 0 Å². The number of hydrogen-bond acceptors (Lipinski definition) is 3. The molecule has 0 saturated carbocycles. The topological polar surface area (TPSA) is 72.6 Å². The van der Waals surface area contributed by atoms with E-state index >= 15 is 0 Å². The van der Waals surface area contributed by atoms with Gasteiger partial charge < -0.3 is 15.6 Å². The number of alkyl halides is 2. The fourth-order valence-corrected chi connectivity index (χ4v) is 0.988. The Balaban J connectivity index is 2.92. The van der Waals surface area contributed by atoms with E-state index in [2.05, 4.69) is 4.74 Å². The molecule has 6 heteroatoms. The molecule has 0 saturated heterocycles. The summed E-state index contributed by atoms with van der Waals surface area (Å²) >= 11 is 0. The molecule has 0 bridgehead atoms. The molecule has 0 aliphatic carbocycles. The zero-order valence-corrected chi connectivity index (χ0v) is 7.61. The number of anilines is 1. The Morgan fingerprint density at radius 1 is 1.53 bits per heavy atom. The van der Waals surface area contributed by atoms with Crippen LogP contribution in [0.5, 0.6) is 5.75 Å².